The van der Waals surface area contributed by atoms with Gasteiger partial charge in [-0.2, -0.15) is 10.2 Å². The highest BCUT2D eigenvalue weighted by Gasteiger charge is 2.08. The molecule has 2 heterocycles. The molecule has 2 aromatic heterocycles. The van der Waals surface area contributed by atoms with Crippen LogP contribution in [-0.4, -0.2) is 37.1 Å². The van der Waals surface area contributed by atoms with Gasteiger partial charge in [-0.1, -0.05) is 18.2 Å². The Balaban J connectivity index is 1.33. The number of aromatic nitrogens is 5. The molecule has 0 fully saturated rings. The monoisotopic (exact) mass is 416 g/mol. The summed E-state index contributed by atoms with van der Waals surface area (Å²) in [5.41, 5.74) is 4.47. The molecule has 158 valence electrons. The summed E-state index contributed by atoms with van der Waals surface area (Å²) in [6, 6.07) is 16.9. The van der Waals surface area contributed by atoms with Crippen LogP contribution < -0.4 is 10.1 Å². The van der Waals surface area contributed by atoms with Gasteiger partial charge in [-0.3, -0.25) is 9.48 Å². The van der Waals surface area contributed by atoms with E-state index < -0.39 is 0 Å². The van der Waals surface area contributed by atoms with E-state index in [0.717, 1.165) is 17.0 Å². The number of nitrogens with one attached hydrogen (secondary N) is 1. The van der Waals surface area contributed by atoms with E-state index in [1.54, 1.807) is 17.1 Å². The van der Waals surface area contributed by atoms with Crippen molar-refractivity contribution in [3.05, 3.63) is 89.8 Å². The van der Waals surface area contributed by atoms with E-state index in [0.29, 0.717) is 36.7 Å². The second kappa shape index (κ2) is 9.25. The number of carbonyl (C=O) groups is 1. The Bertz CT molecular complexity index is 1150. The molecular weight excluding hydrogens is 392 g/mol. The Morgan fingerprint density at radius 3 is 2.65 bits per heavy atom. The second-order valence-corrected chi connectivity index (χ2v) is 7.27. The number of nitrogens with zero attached hydrogens (tertiary/aromatic N) is 5. The van der Waals surface area contributed by atoms with E-state index in [4.69, 9.17) is 4.74 Å². The Hall–Kier alpha value is -3.94. The van der Waals surface area contributed by atoms with Crippen LogP contribution in [0.25, 0.3) is 0 Å². The van der Waals surface area contributed by atoms with Gasteiger partial charge in [0.1, 0.15) is 25.0 Å². The zero-order chi connectivity index (χ0) is 21.6. The highest BCUT2D eigenvalue weighted by Crippen LogP contribution is 2.18. The second-order valence-electron chi connectivity index (χ2n) is 7.27. The number of hydrogen-bond donors (Lipinski definition) is 1. The minimum absolute atomic E-state index is 0.169. The predicted octanol–water partition coefficient (Wildman–Crippen LogP) is 3.47. The van der Waals surface area contributed by atoms with Gasteiger partial charge in [0.15, 0.2) is 0 Å². The molecule has 0 spiro atoms. The minimum atomic E-state index is -0.169. The fraction of sp³-hybridized carbons (Fsp3) is 0.217. The molecule has 1 N–H and O–H groups in total. The molecular formula is C23H24N6O2. The molecule has 0 aliphatic rings. The van der Waals surface area contributed by atoms with E-state index in [9.17, 15) is 4.79 Å². The Kier molecular flexibility index (Phi) is 6.07. The number of amides is 1. The predicted molar refractivity (Wildman–Crippen MR) is 117 cm³/mol. The minimum Gasteiger partial charge on any atom is -0.492 e. The normalized spacial score (nSPS) is 10.8. The van der Waals surface area contributed by atoms with Crippen molar-refractivity contribution < 1.29 is 9.53 Å². The van der Waals surface area contributed by atoms with Crippen LogP contribution in [0.3, 0.4) is 0 Å². The van der Waals surface area contributed by atoms with Gasteiger partial charge in [-0.25, -0.2) is 9.67 Å². The van der Waals surface area contributed by atoms with Crippen LogP contribution in [-0.2, 0) is 13.1 Å². The maximum Gasteiger partial charge on any atom is 0.255 e. The number of carbonyl (C=O) groups excluding carboxylic acids is 1. The summed E-state index contributed by atoms with van der Waals surface area (Å²) in [4.78, 5) is 16.5. The smallest absolute Gasteiger partial charge is 0.255 e. The average Bonchev–Trinajstić information content (AvgIpc) is 3.38. The topological polar surface area (TPSA) is 86.9 Å². The highest BCUT2D eigenvalue weighted by molar-refractivity contribution is 6.04. The summed E-state index contributed by atoms with van der Waals surface area (Å²) in [5.74, 6) is 0.510. The zero-order valence-electron chi connectivity index (χ0n) is 17.5. The number of anilines is 1. The summed E-state index contributed by atoms with van der Waals surface area (Å²) in [5, 5.41) is 11.4. The van der Waals surface area contributed by atoms with Gasteiger partial charge in [-0.15, -0.1) is 0 Å². The maximum absolute atomic E-state index is 12.6. The lowest BCUT2D eigenvalue weighted by atomic mass is 10.1. The lowest BCUT2D eigenvalue weighted by molar-refractivity contribution is 0.102. The molecule has 8 nitrogen and oxygen atoms in total. The summed E-state index contributed by atoms with van der Waals surface area (Å²) in [6.45, 7) is 5.75. The van der Waals surface area contributed by atoms with Crippen molar-refractivity contribution in [2.24, 2.45) is 0 Å². The molecule has 0 saturated carbocycles. The Morgan fingerprint density at radius 2 is 1.94 bits per heavy atom. The van der Waals surface area contributed by atoms with Gasteiger partial charge >= 0.3 is 0 Å². The summed E-state index contributed by atoms with van der Waals surface area (Å²) in [6.07, 6.45) is 3.13. The molecule has 2 aromatic carbocycles. The molecule has 4 aromatic rings. The first kappa shape index (κ1) is 20.3. The van der Waals surface area contributed by atoms with E-state index in [-0.39, 0.29) is 5.91 Å². The maximum atomic E-state index is 12.6. The molecule has 0 radical (unpaired) electrons. The van der Waals surface area contributed by atoms with Crippen molar-refractivity contribution in [3.8, 4) is 5.75 Å². The highest BCUT2D eigenvalue weighted by atomic mass is 16.5. The van der Waals surface area contributed by atoms with Crippen LogP contribution in [0, 0.1) is 13.8 Å². The summed E-state index contributed by atoms with van der Waals surface area (Å²) < 4.78 is 9.40. The lowest BCUT2D eigenvalue weighted by Crippen LogP contribution is -2.12. The van der Waals surface area contributed by atoms with Crippen molar-refractivity contribution in [2.75, 3.05) is 11.9 Å². The molecule has 4 rings (SSSR count). The van der Waals surface area contributed by atoms with E-state index >= 15 is 0 Å². The number of hydrogen-bond acceptors (Lipinski definition) is 5. The third kappa shape index (κ3) is 5.36. The van der Waals surface area contributed by atoms with Crippen LogP contribution >= 0.6 is 0 Å². The fourth-order valence-electron chi connectivity index (χ4n) is 3.24. The fourth-order valence-corrected chi connectivity index (χ4v) is 3.24. The van der Waals surface area contributed by atoms with Gasteiger partial charge in [-0.05, 0) is 49.7 Å². The van der Waals surface area contributed by atoms with Crippen LogP contribution in [0.5, 0.6) is 5.75 Å². The number of aryl methyl sites for hydroxylation is 2. The van der Waals surface area contributed by atoms with Gasteiger partial charge in [0.2, 0.25) is 0 Å². The largest absolute Gasteiger partial charge is 0.492 e. The average molecular weight is 416 g/mol. The van der Waals surface area contributed by atoms with Crippen molar-refractivity contribution >= 4 is 11.6 Å². The molecule has 0 bridgehead atoms. The van der Waals surface area contributed by atoms with Crippen molar-refractivity contribution in [3.63, 3.8) is 0 Å². The van der Waals surface area contributed by atoms with E-state index in [1.807, 2.05) is 67.1 Å². The first-order chi connectivity index (χ1) is 15.1. The van der Waals surface area contributed by atoms with Crippen molar-refractivity contribution in [1.29, 1.82) is 0 Å². The van der Waals surface area contributed by atoms with Gasteiger partial charge in [0.05, 0.1) is 18.8 Å². The molecule has 0 atom stereocenters. The molecule has 0 aliphatic heterocycles. The number of benzene rings is 2. The standard InChI is InChI=1S/C23H24N6O2/c1-17-12-18(2)29(27-17)14-19-6-8-20(9-7-19)23(30)26-21-4-3-5-22(13-21)31-11-10-28-16-24-15-25-28/h3-9,12-13,15-16H,10-11,14H2,1-2H3,(H,26,30). The quantitative estimate of drug-likeness (QED) is 0.475. The van der Waals surface area contributed by atoms with Crippen molar-refractivity contribution in [1.82, 2.24) is 24.5 Å². The Morgan fingerprint density at radius 1 is 1.10 bits per heavy atom. The molecule has 8 heteroatoms. The molecule has 0 saturated heterocycles. The number of ether oxygens (including phenoxy) is 1. The molecule has 31 heavy (non-hydrogen) atoms. The third-order valence-corrected chi connectivity index (χ3v) is 4.80. The molecule has 0 unspecified atom stereocenters. The van der Waals surface area contributed by atoms with Crippen LogP contribution in [0.1, 0.15) is 27.3 Å². The van der Waals surface area contributed by atoms with Gasteiger partial charge in [0.25, 0.3) is 5.91 Å². The summed E-state index contributed by atoms with van der Waals surface area (Å²) >= 11 is 0. The van der Waals surface area contributed by atoms with Gasteiger partial charge in [0, 0.05) is 23.0 Å². The van der Waals surface area contributed by atoms with E-state index in [2.05, 4.69) is 20.5 Å². The van der Waals surface area contributed by atoms with Gasteiger partial charge < -0.3 is 10.1 Å². The third-order valence-electron chi connectivity index (χ3n) is 4.80. The summed E-state index contributed by atoms with van der Waals surface area (Å²) in [7, 11) is 0. The van der Waals surface area contributed by atoms with Crippen LogP contribution in [0.4, 0.5) is 5.69 Å². The lowest BCUT2D eigenvalue weighted by Gasteiger charge is -2.10. The number of rotatable bonds is 8. The first-order valence-electron chi connectivity index (χ1n) is 10.0. The zero-order valence-corrected chi connectivity index (χ0v) is 17.5. The Labute approximate surface area is 180 Å². The van der Waals surface area contributed by atoms with Crippen LogP contribution in [0.15, 0.2) is 67.3 Å². The van der Waals surface area contributed by atoms with E-state index in [1.165, 1.54) is 6.33 Å². The van der Waals surface area contributed by atoms with Crippen LogP contribution in [0.2, 0.25) is 0 Å². The SMILES string of the molecule is Cc1cc(C)n(Cc2ccc(C(=O)Nc3cccc(OCCn4cncn4)c3)cc2)n1. The molecule has 1 amide bonds. The first-order valence-corrected chi connectivity index (χ1v) is 10.0. The van der Waals surface area contributed by atoms with Crippen molar-refractivity contribution in [2.45, 2.75) is 26.9 Å². The molecule has 0 aliphatic carbocycles.